The number of rotatable bonds is 7. The lowest BCUT2D eigenvalue weighted by molar-refractivity contribution is -0.117. The molecule has 1 fully saturated rings. The number of fused-ring (bicyclic) bond motifs is 1. The van der Waals surface area contributed by atoms with Gasteiger partial charge in [0.05, 0.1) is 23.6 Å². The van der Waals surface area contributed by atoms with Crippen LogP contribution in [0.15, 0.2) is 33.6 Å². The van der Waals surface area contributed by atoms with E-state index >= 15 is 0 Å². The van der Waals surface area contributed by atoms with E-state index in [2.05, 4.69) is 28.2 Å². The zero-order chi connectivity index (χ0) is 25.2. The molecule has 8 nitrogen and oxygen atoms in total. The van der Waals surface area contributed by atoms with Crippen LogP contribution in [-0.4, -0.2) is 68.8 Å². The lowest BCUT2D eigenvalue weighted by Crippen LogP contribution is -2.50. The Balaban J connectivity index is 1.38. The molecule has 11 heteroatoms. The highest BCUT2D eigenvalue weighted by molar-refractivity contribution is 9.10. The van der Waals surface area contributed by atoms with E-state index in [1.165, 1.54) is 15.6 Å². The fourth-order valence-electron chi connectivity index (χ4n) is 4.51. The standard InChI is InChI=1S/C24H30BrN3O5S2/c1-3-33-24(30)22-19-9-4-16(2)14-20(19)34-23(22)26-21(29)15-27-10-12-28(13-11-27)35(31,32)18-7-5-17(25)6-8-18/h5-8,16H,3-4,9-15H2,1-2H3,(H,26,29). The molecule has 2 heterocycles. The summed E-state index contributed by atoms with van der Waals surface area (Å²) in [5.74, 6) is -0.0576. The van der Waals surface area contributed by atoms with Crippen molar-refractivity contribution in [2.24, 2.45) is 5.92 Å². The number of hydrogen-bond donors (Lipinski definition) is 1. The van der Waals surface area contributed by atoms with Crippen LogP contribution in [0.5, 0.6) is 0 Å². The summed E-state index contributed by atoms with van der Waals surface area (Å²) in [5, 5.41) is 3.50. The van der Waals surface area contributed by atoms with Gasteiger partial charge in [0.25, 0.3) is 0 Å². The predicted molar refractivity (Wildman–Crippen MR) is 139 cm³/mol. The van der Waals surface area contributed by atoms with E-state index in [-0.39, 0.29) is 29.9 Å². The Bertz CT molecular complexity index is 1190. The first-order valence-corrected chi connectivity index (χ1v) is 14.8. The number of amides is 1. The molecular weight excluding hydrogens is 554 g/mol. The van der Waals surface area contributed by atoms with Crippen molar-refractivity contribution in [3.8, 4) is 0 Å². The summed E-state index contributed by atoms with van der Waals surface area (Å²) in [6, 6.07) is 6.59. The van der Waals surface area contributed by atoms with E-state index in [1.807, 2.05) is 4.90 Å². The van der Waals surface area contributed by atoms with Crippen LogP contribution in [0.1, 0.15) is 41.1 Å². The number of carbonyl (C=O) groups excluding carboxylic acids is 2. The van der Waals surface area contributed by atoms with Crippen molar-refractivity contribution in [1.29, 1.82) is 0 Å². The maximum Gasteiger partial charge on any atom is 0.341 e. The fourth-order valence-corrected chi connectivity index (χ4v) is 7.61. The summed E-state index contributed by atoms with van der Waals surface area (Å²) in [5.41, 5.74) is 1.51. The number of thiophene rings is 1. The molecule has 1 aromatic heterocycles. The average molecular weight is 585 g/mol. The second-order valence-electron chi connectivity index (χ2n) is 8.96. The Morgan fingerprint density at radius 1 is 1.17 bits per heavy atom. The molecule has 35 heavy (non-hydrogen) atoms. The van der Waals surface area contributed by atoms with Gasteiger partial charge in [-0.2, -0.15) is 4.31 Å². The van der Waals surface area contributed by atoms with Gasteiger partial charge in [0.15, 0.2) is 0 Å². The fraction of sp³-hybridized carbons (Fsp3) is 0.500. The summed E-state index contributed by atoms with van der Waals surface area (Å²) in [6.07, 6.45) is 2.72. The molecule has 1 aliphatic heterocycles. The minimum atomic E-state index is -3.57. The number of nitrogens with zero attached hydrogens (tertiary/aromatic N) is 2. The first-order chi connectivity index (χ1) is 16.7. The van der Waals surface area contributed by atoms with E-state index in [9.17, 15) is 18.0 Å². The average Bonchev–Trinajstić information content (AvgIpc) is 3.16. The molecule has 1 unspecified atom stereocenters. The quantitative estimate of drug-likeness (QED) is 0.499. The summed E-state index contributed by atoms with van der Waals surface area (Å²) in [6.45, 7) is 5.90. The van der Waals surface area contributed by atoms with Crippen molar-refractivity contribution in [2.45, 2.75) is 38.0 Å². The second kappa shape index (κ2) is 11.1. The molecule has 1 amide bonds. The van der Waals surface area contributed by atoms with Crippen LogP contribution in [0.2, 0.25) is 0 Å². The molecule has 1 N–H and O–H groups in total. The number of ether oxygens (including phenoxy) is 1. The van der Waals surface area contributed by atoms with Gasteiger partial charge in [0.2, 0.25) is 15.9 Å². The van der Waals surface area contributed by atoms with E-state index in [1.54, 1.807) is 31.2 Å². The van der Waals surface area contributed by atoms with Gasteiger partial charge in [-0.05, 0) is 61.9 Å². The third-order valence-electron chi connectivity index (χ3n) is 6.39. The third kappa shape index (κ3) is 5.96. The Morgan fingerprint density at radius 2 is 1.86 bits per heavy atom. The van der Waals surface area contributed by atoms with Crippen LogP contribution in [0.4, 0.5) is 5.00 Å². The van der Waals surface area contributed by atoms with Crippen molar-refractivity contribution in [3.05, 3.63) is 44.7 Å². The minimum absolute atomic E-state index is 0.132. The summed E-state index contributed by atoms with van der Waals surface area (Å²) in [7, 11) is -3.57. The molecule has 2 aliphatic rings. The lowest BCUT2D eigenvalue weighted by atomic mass is 9.88. The van der Waals surface area contributed by atoms with Crippen LogP contribution < -0.4 is 5.32 Å². The molecule has 0 bridgehead atoms. The number of esters is 1. The number of hydrogen-bond acceptors (Lipinski definition) is 7. The maximum absolute atomic E-state index is 12.9. The van der Waals surface area contributed by atoms with Crippen molar-refractivity contribution in [3.63, 3.8) is 0 Å². The Hall–Kier alpha value is -1.79. The molecule has 1 atom stereocenters. The van der Waals surface area contributed by atoms with Gasteiger partial charge in [-0.3, -0.25) is 9.69 Å². The first kappa shape index (κ1) is 26.3. The van der Waals surface area contributed by atoms with Gasteiger partial charge < -0.3 is 10.1 Å². The van der Waals surface area contributed by atoms with Gasteiger partial charge >= 0.3 is 5.97 Å². The molecule has 0 radical (unpaired) electrons. The minimum Gasteiger partial charge on any atom is -0.462 e. The molecule has 0 spiro atoms. The second-order valence-corrected chi connectivity index (χ2v) is 12.9. The molecule has 190 valence electrons. The molecule has 1 aromatic carbocycles. The highest BCUT2D eigenvalue weighted by Crippen LogP contribution is 2.40. The summed E-state index contributed by atoms with van der Waals surface area (Å²) >= 11 is 4.79. The predicted octanol–water partition coefficient (Wildman–Crippen LogP) is 3.76. The zero-order valence-electron chi connectivity index (χ0n) is 19.9. The maximum atomic E-state index is 12.9. The van der Waals surface area contributed by atoms with Crippen LogP contribution in [-0.2, 0) is 32.4 Å². The number of nitrogens with one attached hydrogen (secondary N) is 1. The van der Waals surface area contributed by atoms with Gasteiger partial charge in [-0.15, -0.1) is 11.3 Å². The largest absolute Gasteiger partial charge is 0.462 e. The number of benzene rings is 1. The van der Waals surface area contributed by atoms with E-state index in [4.69, 9.17) is 4.74 Å². The van der Waals surface area contributed by atoms with Gasteiger partial charge in [0, 0.05) is 35.5 Å². The van der Waals surface area contributed by atoms with E-state index in [0.29, 0.717) is 42.7 Å². The monoisotopic (exact) mass is 583 g/mol. The Labute approximate surface area is 218 Å². The number of piperazine rings is 1. The molecule has 0 saturated carbocycles. The smallest absolute Gasteiger partial charge is 0.341 e. The van der Waals surface area contributed by atoms with Gasteiger partial charge in [0.1, 0.15) is 5.00 Å². The number of sulfonamides is 1. The number of halogens is 1. The molecule has 1 saturated heterocycles. The van der Waals surface area contributed by atoms with Crippen molar-refractivity contribution in [1.82, 2.24) is 9.21 Å². The molecule has 4 rings (SSSR count). The zero-order valence-corrected chi connectivity index (χ0v) is 23.1. The van der Waals surface area contributed by atoms with Gasteiger partial charge in [-0.25, -0.2) is 13.2 Å². The molecular formula is C24H30BrN3O5S2. The number of anilines is 1. The highest BCUT2D eigenvalue weighted by Gasteiger charge is 2.31. The lowest BCUT2D eigenvalue weighted by Gasteiger charge is -2.33. The Kier molecular flexibility index (Phi) is 8.32. The van der Waals surface area contributed by atoms with E-state index < -0.39 is 10.0 Å². The third-order valence-corrected chi connectivity index (χ3v) is 10.0. The normalized spacial score (nSPS) is 19.2. The van der Waals surface area contributed by atoms with Crippen molar-refractivity contribution < 1.29 is 22.7 Å². The van der Waals surface area contributed by atoms with E-state index in [0.717, 1.165) is 34.2 Å². The van der Waals surface area contributed by atoms with Crippen LogP contribution in [0, 0.1) is 5.92 Å². The molecule has 2 aromatic rings. The van der Waals surface area contributed by atoms with Crippen LogP contribution in [0.3, 0.4) is 0 Å². The topological polar surface area (TPSA) is 96.0 Å². The summed E-state index contributed by atoms with van der Waals surface area (Å²) < 4.78 is 33.4. The Morgan fingerprint density at radius 3 is 2.51 bits per heavy atom. The van der Waals surface area contributed by atoms with Crippen LogP contribution in [0.25, 0.3) is 0 Å². The highest BCUT2D eigenvalue weighted by atomic mass is 79.9. The SMILES string of the molecule is CCOC(=O)c1c(NC(=O)CN2CCN(S(=O)(=O)c3ccc(Br)cc3)CC2)sc2c1CCC(C)C2. The molecule has 1 aliphatic carbocycles. The van der Waals surface area contributed by atoms with Crippen LogP contribution >= 0.6 is 27.3 Å². The summed E-state index contributed by atoms with van der Waals surface area (Å²) in [4.78, 5) is 28.9. The number of carbonyl (C=O) groups is 2. The first-order valence-electron chi connectivity index (χ1n) is 11.8. The van der Waals surface area contributed by atoms with Crippen molar-refractivity contribution in [2.75, 3.05) is 44.6 Å². The van der Waals surface area contributed by atoms with Crippen molar-refractivity contribution >= 4 is 54.2 Å². The van der Waals surface area contributed by atoms with Gasteiger partial charge in [-0.1, -0.05) is 22.9 Å².